The third-order valence-corrected chi connectivity index (χ3v) is 3.26. The van der Waals surface area contributed by atoms with Crippen LogP contribution in [0.15, 0.2) is 0 Å². The second kappa shape index (κ2) is 4.34. The van der Waals surface area contributed by atoms with E-state index < -0.39 is 24.3 Å². The molecule has 0 aromatic carbocycles. The molecule has 2 fully saturated rings. The number of ether oxygens (including phenoxy) is 4. The van der Waals surface area contributed by atoms with Crippen LogP contribution in [0.4, 0.5) is 0 Å². The van der Waals surface area contributed by atoms with E-state index in [1.165, 1.54) is 0 Å². The third-order valence-electron chi connectivity index (χ3n) is 2.71. The molecule has 2 heterocycles. The second-order valence-electron chi connectivity index (χ2n) is 4.33. The summed E-state index contributed by atoms with van der Waals surface area (Å²) >= 11 is 3.12. The summed E-state index contributed by atoms with van der Waals surface area (Å²) in [5.74, 6) is -0.750. The summed E-state index contributed by atoms with van der Waals surface area (Å²) in [5.41, 5.74) is 0. The lowest BCUT2D eigenvalue weighted by Gasteiger charge is -2.23. The maximum Gasteiger partial charge on any atom is 0.190 e. The monoisotopic (exact) mass is 294 g/mol. The molecule has 2 rings (SSSR count). The molecule has 0 radical (unpaired) electrons. The first-order valence-corrected chi connectivity index (χ1v) is 6.23. The predicted octanol–water partition coefficient (Wildman–Crippen LogP) is 0.842. The van der Waals surface area contributed by atoms with Gasteiger partial charge in [-0.1, -0.05) is 15.9 Å². The standard InChI is InChI=1S/C10H15BrO5/c1-10(2)15-8-7(13-3)6(5(12)4-11)14-9(8)16-10/h6-9H,4H2,1-3H3/t6-,7+,8-,9-/m1/s1. The summed E-state index contributed by atoms with van der Waals surface area (Å²) in [7, 11) is 1.54. The van der Waals surface area contributed by atoms with Crippen LogP contribution in [0, 0.1) is 0 Å². The number of methoxy groups -OCH3 is 1. The van der Waals surface area contributed by atoms with E-state index in [-0.39, 0.29) is 17.2 Å². The minimum Gasteiger partial charge on any atom is -0.375 e. The summed E-state index contributed by atoms with van der Waals surface area (Å²) in [6, 6.07) is 0. The van der Waals surface area contributed by atoms with Crippen molar-refractivity contribution in [3.05, 3.63) is 0 Å². The lowest BCUT2D eigenvalue weighted by atomic mass is 10.1. The van der Waals surface area contributed by atoms with Crippen LogP contribution in [0.1, 0.15) is 13.8 Å². The van der Waals surface area contributed by atoms with E-state index in [2.05, 4.69) is 15.9 Å². The zero-order chi connectivity index (χ0) is 11.9. The van der Waals surface area contributed by atoms with Gasteiger partial charge in [0.25, 0.3) is 0 Å². The van der Waals surface area contributed by atoms with E-state index in [4.69, 9.17) is 18.9 Å². The van der Waals surface area contributed by atoms with E-state index in [0.717, 1.165) is 0 Å². The Morgan fingerprint density at radius 1 is 1.44 bits per heavy atom. The highest BCUT2D eigenvalue weighted by molar-refractivity contribution is 9.09. The molecule has 0 amide bonds. The first-order chi connectivity index (χ1) is 7.48. The highest BCUT2D eigenvalue weighted by Crippen LogP contribution is 2.38. The number of Topliss-reactive ketones (excluding diaryl/α,β-unsaturated/α-hetero) is 1. The van der Waals surface area contributed by atoms with Crippen molar-refractivity contribution >= 4 is 21.7 Å². The molecule has 0 aliphatic carbocycles. The Hall–Kier alpha value is -0.0100. The van der Waals surface area contributed by atoms with Crippen molar-refractivity contribution in [1.29, 1.82) is 0 Å². The van der Waals surface area contributed by atoms with E-state index in [1.54, 1.807) is 7.11 Å². The van der Waals surface area contributed by atoms with Crippen LogP contribution in [-0.2, 0) is 23.7 Å². The summed E-state index contributed by atoms with van der Waals surface area (Å²) in [6.45, 7) is 3.62. The van der Waals surface area contributed by atoms with Crippen LogP contribution in [0.25, 0.3) is 0 Å². The number of carbonyl (C=O) groups is 1. The van der Waals surface area contributed by atoms with Gasteiger partial charge in [0.15, 0.2) is 17.9 Å². The third kappa shape index (κ3) is 2.04. The minimum atomic E-state index is -0.686. The van der Waals surface area contributed by atoms with E-state index in [0.29, 0.717) is 0 Å². The van der Waals surface area contributed by atoms with Gasteiger partial charge >= 0.3 is 0 Å². The highest BCUT2D eigenvalue weighted by atomic mass is 79.9. The fraction of sp³-hybridized carbons (Fsp3) is 0.900. The van der Waals surface area contributed by atoms with Crippen LogP contribution in [0.5, 0.6) is 0 Å². The molecular weight excluding hydrogens is 280 g/mol. The first-order valence-electron chi connectivity index (χ1n) is 5.11. The van der Waals surface area contributed by atoms with Gasteiger partial charge in [-0.15, -0.1) is 0 Å². The van der Waals surface area contributed by atoms with Gasteiger partial charge in [-0.25, -0.2) is 0 Å². The average molecular weight is 295 g/mol. The minimum absolute atomic E-state index is 0.0637. The zero-order valence-corrected chi connectivity index (χ0v) is 11.0. The van der Waals surface area contributed by atoms with Gasteiger partial charge in [0.2, 0.25) is 0 Å². The normalized spacial score (nSPS) is 41.0. The van der Waals surface area contributed by atoms with Crippen LogP contribution in [0.3, 0.4) is 0 Å². The number of fused-ring (bicyclic) bond motifs is 1. The largest absolute Gasteiger partial charge is 0.375 e. The number of ketones is 1. The average Bonchev–Trinajstić information content (AvgIpc) is 2.68. The van der Waals surface area contributed by atoms with Crippen LogP contribution < -0.4 is 0 Å². The van der Waals surface area contributed by atoms with Gasteiger partial charge < -0.3 is 18.9 Å². The molecule has 0 unspecified atom stereocenters. The van der Waals surface area contributed by atoms with E-state index >= 15 is 0 Å². The molecule has 6 heteroatoms. The van der Waals surface area contributed by atoms with Gasteiger partial charge in [0, 0.05) is 7.11 Å². The molecule has 0 spiro atoms. The summed E-state index contributed by atoms with van der Waals surface area (Å²) in [6.07, 6.45) is -1.88. The lowest BCUT2D eigenvalue weighted by molar-refractivity contribution is -0.215. The molecule has 5 nitrogen and oxygen atoms in total. The van der Waals surface area contributed by atoms with Crippen molar-refractivity contribution in [2.24, 2.45) is 0 Å². The fourth-order valence-electron chi connectivity index (χ4n) is 2.07. The molecule has 92 valence electrons. The predicted molar refractivity (Wildman–Crippen MR) is 58.3 cm³/mol. The SMILES string of the molecule is CO[C@@H]1[C@H]2OC(C)(C)O[C@H]2O[C@@H]1C(=O)CBr. The van der Waals surface area contributed by atoms with Crippen LogP contribution in [0.2, 0.25) is 0 Å². The highest BCUT2D eigenvalue weighted by Gasteiger charge is 2.56. The fourth-order valence-corrected chi connectivity index (χ4v) is 2.39. The molecule has 2 aliphatic heterocycles. The Morgan fingerprint density at radius 2 is 2.12 bits per heavy atom. The quantitative estimate of drug-likeness (QED) is 0.722. The number of halogens is 1. The Bertz CT molecular complexity index is 293. The molecule has 0 N–H and O–H groups in total. The molecule has 0 aromatic heterocycles. The topological polar surface area (TPSA) is 54.0 Å². The van der Waals surface area contributed by atoms with Crippen molar-refractivity contribution in [3.8, 4) is 0 Å². The molecule has 16 heavy (non-hydrogen) atoms. The van der Waals surface area contributed by atoms with Gasteiger partial charge in [-0.3, -0.25) is 4.79 Å². The summed E-state index contributed by atoms with van der Waals surface area (Å²) < 4.78 is 22.0. The van der Waals surface area contributed by atoms with Crippen LogP contribution >= 0.6 is 15.9 Å². The molecule has 2 saturated heterocycles. The van der Waals surface area contributed by atoms with Crippen molar-refractivity contribution in [3.63, 3.8) is 0 Å². The second-order valence-corrected chi connectivity index (χ2v) is 4.89. The van der Waals surface area contributed by atoms with Crippen molar-refractivity contribution < 1.29 is 23.7 Å². The van der Waals surface area contributed by atoms with Gasteiger partial charge in [0.05, 0.1) is 5.33 Å². The summed E-state index contributed by atoms with van der Waals surface area (Å²) in [4.78, 5) is 11.6. The number of hydrogen-bond acceptors (Lipinski definition) is 5. The number of hydrogen-bond donors (Lipinski definition) is 0. The zero-order valence-electron chi connectivity index (χ0n) is 9.44. The smallest absolute Gasteiger partial charge is 0.190 e. The molecule has 0 saturated carbocycles. The van der Waals surface area contributed by atoms with Crippen molar-refractivity contribution in [2.75, 3.05) is 12.4 Å². The lowest BCUT2D eigenvalue weighted by Crippen LogP contribution is -2.40. The van der Waals surface area contributed by atoms with E-state index in [1.807, 2.05) is 13.8 Å². The molecular formula is C10H15BrO5. The Balaban J connectivity index is 2.12. The van der Waals surface area contributed by atoms with Crippen LogP contribution in [-0.4, -0.2) is 48.6 Å². The van der Waals surface area contributed by atoms with E-state index in [9.17, 15) is 4.79 Å². The first kappa shape index (κ1) is 12.4. The molecule has 2 aliphatic rings. The van der Waals surface area contributed by atoms with Gasteiger partial charge in [-0.2, -0.15) is 0 Å². The Labute approximate surface area is 102 Å². The maximum atomic E-state index is 11.6. The maximum absolute atomic E-state index is 11.6. The molecule has 0 aromatic rings. The number of rotatable bonds is 3. The molecule has 4 atom stereocenters. The van der Waals surface area contributed by atoms with Crippen molar-refractivity contribution in [1.82, 2.24) is 0 Å². The van der Waals surface area contributed by atoms with Crippen molar-refractivity contribution in [2.45, 2.75) is 44.2 Å². The Morgan fingerprint density at radius 3 is 2.69 bits per heavy atom. The van der Waals surface area contributed by atoms with Gasteiger partial charge in [-0.05, 0) is 13.8 Å². The molecule has 0 bridgehead atoms. The Kier molecular flexibility index (Phi) is 3.38. The number of alkyl halides is 1. The van der Waals surface area contributed by atoms with Gasteiger partial charge in [0.1, 0.15) is 18.3 Å². The number of carbonyl (C=O) groups excluding carboxylic acids is 1. The summed E-state index contributed by atoms with van der Waals surface area (Å²) in [5, 5.41) is 0.236.